The first-order chi connectivity index (χ1) is 4.57. The number of hydrogen-bond donors (Lipinski definition) is 0. The molecule has 0 aliphatic carbocycles. The zero-order chi connectivity index (χ0) is 7.78. The van der Waals surface area contributed by atoms with Gasteiger partial charge in [-0.2, -0.15) is 0 Å². The van der Waals surface area contributed by atoms with Crippen LogP contribution in [0.5, 0.6) is 0 Å². The summed E-state index contributed by atoms with van der Waals surface area (Å²) in [5.41, 5.74) is -0.389. The van der Waals surface area contributed by atoms with Crippen LogP contribution in [0.1, 0.15) is 20.8 Å². The Morgan fingerprint density at radius 1 is 1.70 bits per heavy atom. The predicted molar refractivity (Wildman–Crippen MR) is 38.5 cm³/mol. The van der Waals surface area contributed by atoms with Gasteiger partial charge < -0.3 is 4.74 Å². The molecule has 0 aromatic heterocycles. The van der Waals surface area contributed by atoms with Gasteiger partial charge in [0.25, 0.3) is 0 Å². The van der Waals surface area contributed by atoms with Crippen molar-refractivity contribution in [1.82, 2.24) is 0 Å². The number of rotatable bonds is 1. The molecule has 2 heteroatoms. The van der Waals surface area contributed by atoms with Crippen molar-refractivity contribution in [2.75, 3.05) is 0 Å². The van der Waals surface area contributed by atoms with Crippen molar-refractivity contribution in [3.05, 3.63) is 12.3 Å². The second-order valence-corrected chi connectivity index (χ2v) is 2.92. The Bertz CT molecular complexity index is 184. The third kappa shape index (κ3) is 0.838. The van der Waals surface area contributed by atoms with Gasteiger partial charge in [-0.1, -0.05) is 0 Å². The molecule has 0 radical (unpaired) electrons. The third-order valence-corrected chi connectivity index (χ3v) is 2.30. The van der Waals surface area contributed by atoms with Gasteiger partial charge in [0.15, 0.2) is 0 Å². The molecule has 2 atom stereocenters. The van der Waals surface area contributed by atoms with Gasteiger partial charge in [-0.05, 0) is 26.8 Å². The molecule has 1 aliphatic rings. The number of carbonyl (C=O) groups is 1. The molecule has 0 fully saturated rings. The van der Waals surface area contributed by atoms with Gasteiger partial charge in [-0.25, -0.2) is 0 Å². The number of carbonyl (C=O) groups excluding carboxylic acids is 1. The molecule has 0 bridgehead atoms. The molecular formula is C8H12O2. The first-order valence-electron chi connectivity index (χ1n) is 3.41. The Morgan fingerprint density at radius 2 is 2.30 bits per heavy atom. The smallest absolute Gasteiger partial charge is 0.143 e. The summed E-state index contributed by atoms with van der Waals surface area (Å²) in [5, 5.41) is 0. The molecule has 0 N–H and O–H groups in total. The van der Waals surface area contributed by atoms with Gasteiger partial charge in [0.1, 0.15) is 11.9 Å². The van der Waals surface area contributed by atoms with E-state index in [0.717, 1.165) is 0 Å². The van der Waals surface area contributed by atoms with E-state index in [-0.39, 0.29) is 17.3 Å². The molecule has 0 amide bonds. The van der Waals surface area contributed by atoms with Gasteiger partial charge in [0, 0.05) is 0 Å². The van der Waals surface area contributed by atoms with Crippen molar-refractivity contribution in [1.29, 1.82) is 0 Å². The van der Waals surface area contributed by atoms with E-state index in [4.69, 9.17) is 4.74 Å². The molecule has 10 heavy (non-hydrogen) atoms. The van der Waals surface area contributed by atoms with Gasteiger partial charge in [-0.3, -0.25) is 4.79 Å². The Balaban J connectivity index is 2.85. The van der Waals surface area contributed by atoms with Gasteiger partial charge in [-0.15, -0.1) is 0 Å². The highest BCUT2D eigenvalue weighted by Gasteiger charge is 2.37. The van der Waals surface area contributed by atoms with Gasteiger partial charge >= 0.3 is 0 Å². The summed E-state index contributed by atoms with van der Waals surface area (Å²) >= 11 is 0. The topological polar surface area (TPSA) is 26.3 Å². The quantitative estimate of drug-likeness (QED) is 0.552. The van der Waals surface area contributed by atoms with Crippen molar-refractivity contribution < 1.29 is 9.53 Å². The fourth-order valence-electron chi connectivity index (χ4n) is 0.979. The highest BCUT2D eigenvalue weighted by atomic mass is 16.5. The van der Waals surface area contributed by atoms with Crippen LogP contribution in [0.4, 0.5) is 0 Å². The maximum absolute atomic E-state index is 11.0. The summed E-state index contributed by atoms with van der Waals surface area (Å²) in [6.07, 6.45) is 3.41. The summed E-state index contributed by atoms with van der Waals surface area (Å²) in [7, 11) is 0. The molecule has 1 rings (SSSR count). The lowest BCUT2D eigenvalue weighted by molar-refractivity contribution is -0.126. The van der Waals surface area contributed by atoms with Gasteiger partial charge in [0.05, 0.1) is 11.7 Å². The summed E-state index contributed by atoms with van der Waals surface area (Å²) in [4.78, 5) is 11.0. The Kier molecular flexibility index (Phi) is 1.55. The molecule has 2 unspecified atom stereocenters. The molecule has 0 saturated heterocycles. The number of ether oxygens (including phenoxy) is 1. The van der Waals surface area contributed by atoms with Gasteiger partial charge in [0.2, 0.25) is 0 Å². The van der Waals surface area contributed by atoms with Crippen LogP contribution in [0, 0.1) is 5.41 Å². The zero-order valence-electron chi connectivity index (χ0n) is 6.55. The average molecular weight is 140 g/mol. The maximum Gasteiger partial charge on any atom is 0.143 e. The van der Waals surface area contributed by atoms with E-state index in [9.17, 15) is 4.79 Å². The molecule has 0 aromatic rings. The molecule has 0 spiro atoms. The van der Waals surface area contributed by atoms with E-state index in [1.807, 2.05) is 19.9 Å². The highest BCUT2D eigenvalue weighted by Crippen LogP contribution is 2.31. The average Bonchev–Trinajstić information content (AvgIpc) is 2.15. The second-order valence-electron chi connectivity index (χ2n) is 2.92. The van der Waals surface area contributed by atoms with E-state index in [0.29, 0.717) is 0 Å². The normalized spacial score (nSPS) is 37.7. The molecule has 0 aromatic carbocycles. The van der Waals surface area contributed by atoms with Crippen molar-refractivity contribution in [2.45, 2.75) is 26.9 Å². The number of Topliss-reactive ketones (excluding diaryl/α,β-unsaturated/α-hetero) is 1. The van der Waals surface area contributed by atoms with Crippen LogP contribution in [0.3, 0.4) is 0 Å². The van der Waals surface area contributed by atoms with Crippen LogP contribution in [-0.2, 0) is 9.53 Å². The second kappa shape index (κ2) is 2.11. The first-order valence-corrected chi connectivity index (χ1v) is 3.41. The van der Waals surface area contributed by atoms with Crippen LogP contribution >= 0.6 is 0 Å². The van der Waals surface area contributed by atoms with Crippen LogP contribution < -0.4 is 0 Å². The SMILES string of the molecule is CC(=O)C1(C)C=COC1C. The van der Waals surface area contributed by atoms with Crippen LogP contribution in [0.15, 0.2) is 12.3 Å². The predicted octanol–water partition coefficient (Wildman–Crippen LogP) is 1.51. The molecule has 1 aliphatic heterocycles. The minimum atomic E-state index is -0.389. The fourth-order valence-corrected chi connectivity index (χ4v) is 0.979. The third-order valence-electron chi connectivity index (χ3n) is 2.30. The van der Waals surface area contributed by atoms with E-state index in [1.54, 1.807) is 13.2 Å². The minimum Gasteiger partial charge on any atom is -0.497 e. The lowest BCUT2D eigenvalue weighted by Crippen LogP contribution is -2.32. The summed E-state index contributed by atoms with van der Waals surface area (Å²) in [5.74, 6) is 0.161. The zero-order valence-corrected chi connectivity index (χ0v) is 6.55. The Hall–Kier alpha value is -0.790. The van der Waals surface area contributed by atoms with Crippen LogP contribution in [0.25, 0.3) is 0 Å². The number of ketones is 1. The maximum atomic E-state index is 11.0. The molecule has 56 valence electrons. The van der Waals surface area contributed by atoms with Crippen molar-refractivity contribution in [3.63, 3.8) is 0 Å². The van der Waals surface area contributed by atoms with E-state index < -0.39 is 0 Å². The lowest BCUT2D eigenvalue weighted by Gasteiger charge is -2.22. The van der Waals surface area contributed by atoms with Crippen molar-refractivity contribution >= 4 is 5.78 Å². The molecule has 0 saturated carbocycles. The van der Waals surface area contributed by atoms with Crippen LogP contribution in [0.2, 0.25) is 0 Å². The van der Waals surface area contributed by atoms with E-state index in [1.165, 1.54) is 0 Å². The number of hydrogen-bond acceptors (Lipinski definition) is 2. The summed E-state index contributed by atoms with van der Waals surface area (Å²) in [6, 6.07) is 0. The van der Waals surface area contributed by atoms with Crippen LogP contribution in [-0.4, -0.2) is 11.9 Å². The largest absolute Gasteiger partial charge is 0.497 e. The first kappa shape index (κ1) is 7.32. The lowest BCUT2D eigenvalue weighted by atomic mass is 9.83. The van der Waals surface area contributed by atoms with E-state index >= 15 is 0 Å². The molecule has 2 nitrogen and oxygen atoms in total. The van der Waals surface area contributed by atoms with Crippen molar-refractivity contribution in [2.24, 2.45) is 5.41 Å². The Morgan fingerprint density at radius 3 is 2.50 bits per heavy atom. The fraction of sp³-hybridized carbons (Fsp3) is 0.625. The Labute approximate surface area is 60.9 Å². The molecule has 1 heterocycles. The minimum absolute atomic E-state index is 0.00926. The van der Waals surface area contributed by atoms with Crippen molar-refractivity contribution in [3.8, 4) is 0 Å². The standard InChI is InChI=1S/C8H12O2/c1-6(9)8(3)4-5-10-7(8)2/h4-5,7H,1-3H3. The summed E-state index contributed by atoms with van der Waals surface area (Å²) < 4.78 is 5.13. The van der Waals surface area contributed by atoms with E-state index in [2.05, 4.69) is 0 Å². The summed E-state index contributed by atoms with van der Waals surface area (Å²) in [6.45, 7) is 5.39. The monoisotopic (exact) mass is 140 g/mol. The highest BCUT2D eigenvalue weighted by molar-refractivity contribution is 5.84. The molecular weight excluding hydrogens is 128 g/mol.